The lowest BCUT2D eigenvalue weighted by atomic mass is 10.2. The summed E-state index contributed by atoms with van der Waals surface area (Å²) < 4.78 is 17.7. The van der Waals surface area contributed by atoms with Crippen LogP contribution in [0.25, 0.3) is 0 Å². The fourth-order valence-electron chi connectivity index (χ4n) is 2.34. The summed E-state index contributed by atoms with van der Waals surface area (Å²) in [5, 5.41) is 0. The fraction of sp³-hybridized carbons (Fsp3) is 0.538. The number of hydrogen-bond acceptors (Lipinski definition) is 7. The van der Waals surface area contributed by atoms with Crippen LogP contribution >= 0.6 is 8.53 Å². The van der Waals surface area contributed by atoms with Crippen molar-refractivity contribution in [1.82, 2.24) is 9.55 Å². The van der Waals surface area contributed by atoms with Gasteiger partial charge in [0.15, 0.2) is 0 Å². The summed E-state index contributed by atoms with van der Waals surface area (Å²) in [6.45, 7) is 5.53. The number of H-pyrrole nitrogens is 1. The second kappa shape index (κ2) is 7.96. The van der Waals surface area contributed by atoms with E-state index in [0.717, 1.165) is 0 Å². The van der Waals surface area contributed by atoms with Gasteiger partial charge in [0, 0.05) is 18.2 Å². The Morgan fingerprint density at radius 3 is 3.04 bits per heavy atom. The van der Waals surface area contributed by atoms with Crippen molar-refractivity contribution in [2.24, 2.45) is 5.50 Å². The standard InChI is InChI=1S/C13H20N3O6P/c1-3-4-20-9-5-11(22-10(9)7-21-23(14)19)16-6-8(2)12(17)15-13(16)18/h3,6,9-11,19H,1,4-5,7,14H2,2H3,(H,15,17,18)/t9-,10+,11+,23?/m0/s1. The molecule has 1 unspecified atom stereocenters. The predicted octanol–water partition coefficient (Wildman–Crippen LogP) is -0.102. The normalized spacial score (nSPS) is 25.4. The Kier molecular flexibility index (Phi) is 6.23. The smallest absolute Gasteiger partial charge is 0.330 e. The van der Waals surface area contributed by atoms with Crippen LogP contribution in [-0.4, -0.2) is 39.9 Å². The van der Waals surface area contributed by atoms with E-state index >= 15 is 0 Å². The van der Waals surface area contributed by atoms with Gasteiger partial charge in [0.25, 0.3) is 5.56 Å². The summed E-state index contributed by atoms with van der Waals surface area (Å²) >= 11 is 0. The second-order valence-corrected chi connectivity index (χ2v) is 5.97. The average Bonchev–Trinajstić information content (AvgIpc) is 2.89. The SMILES string of the molecule is C=CCO[C@H]1C[C@H](n2cc(C)c(=O)[nH]c2=O)O[C@@H]1COP(N)O. The highest BCUT2D eigenvalue weighted by molar-refractivity contribution is 7.43. The van der Waals surface area contributed by atoms with E-state index in [1.54, 1.807) is 13.0 Å². The van der Waals surface area contributed by atoms with Gasteiger partial charge in [-0.15, -0.1) is 6.58 Å². The van der Waals surface area contributed by atoms with Gasteiger partial charge in [-0.05, 0) is 6.92 Å². The number of rotatable bonds is 7. The van der Waals surface area contributed by atoms with Crippen molar-refractivity contribution < 1.29 is 18.9 Å². The van der Waals surface area contributed by atoms with Crippen molar-refractivity contribution in [2.75, 3.05) is 13.2 Å². The molecule has 0 radical (unpaired) electrons. The lowest BCUT2D eigenvalue weighted by molar-refractivity contribution is -0.0533. The largest absolute Gasteiger partial charge is 0.371 e. The van der Waals surface area contributed by atoms with E-state index in [4.69, 9.17) is 24.4 Å². The van der Waals surface area contributed by atoms with Crippen LogP contribution in [0.15, 0.2) is 28.4 Å². The molecule has 9 nitrogen and oxygen atoms in total. The van der Waals surface area contributed by atoms with Gasteiger partial charge in [-0.25, -0.2) is 4.79 Å². The minimum atomic E-state index is -2.00. The molecule has 1 aliphatic heterocycles. The zero-order chi connectivity index (χ0) is 17.0. The highest BCUT2D eigenvalue weighted by Crippen LogP contribution is 2.32. The molecule has 1 fully saturated rings. The number of nitrogens with zero attached hydrogens (tertiary/aromatic N) is 1. The lowest BCUT2D eigenvalue weighted by Crippen LogP contribution is -2.33. The Bertz CT molecular complexity index is 658. The molecule has 23 heavy (non-hydrogen) atoms. The highest BCUT2D eigenvalue weighted by atomic mass is 31.2. The highest BCUT2D eigenvalue weighted by Gasteiger charge is 2.38. The molecule has 1 aliphatic rings. The minimum Gasteiger partial charge on any atom is -0.371 e. The molecule has 0 amide bonds. The molecule has 0 aliphatic carbocycles. The summed E-state index contributed by atoms with van der Waals surface area (Å²) in [5.74, 6) is 0. The molecule has 0 bridgehead atoms. The third kappa shape index (κ3) is 4.57. The van der Waals surface area contributed by atoms with Crippen LogP contribution < -0.4 is 16.8 Å². The number of ether oxygens (including phenoxy) is 2. The molecule has 128 valence electrons. The molecule has 10 heteroatoms. The van der Waals surface area contributed by atoms with Crippen molar-refractivity contribution in [3.63, 3.8) is 0 Å². The third-order valence-electron chi connectivity index (χ3n) is 3.44. The lowest BCUT2D eigenvalue weighted by Gasteiger charge is -2.18. The van der Waals surface area contributed by atoms with Crippen LogP contribution in [0.1, 0.15) is 18.2 Å². The zero-order valence-electron chi connectivity index (χ0n) is 12.7. The minimum absolute atomic E-state index is 0.0358. The number of aromatic nitrogens is 2. The maximum absolute atomic E-state index is 12.0. The second-order valence-electron chi connectivity index (χ2n) is 5.10. The molecule has 0 spiro atoms. The predicted molar refractivity (Wildman–Crippen MR) is 83.8 cm³/mol. The van der Waals surface area contributed by atoms with E-state index < -0.39 is 32.1 Å². The first-order valence-corrected chi connectivity index (χ1v) is 8.27. The van der Waals surface area contributed by atoms with Crippen LogP contribution in [0.4, 0.5) is 0 Å². The maximum Gasteiger partial charge on any atom is 0.330 e. The van der Waals surface area contributed by atoms with Crippen LogP contribution in [-0.2, 0) is 14.0 Å². The van der Waals surface area contributed by atoms with Crippen LogP contribution in [0, 0.1) is 6.92 Å². The van der Waals surface area contributed by atoms with Gasteiger partial charge >= 0.3 is 5.69 Å². The zero-order valence-corrected chi connectivity index (χ0v) is 13.6. The first-order valence-electron chi connectivity index (χ1n) is 6.99. The third-order valence-corrected chi connectivity index (χ3v) is 3.85. The van der Waals surface area contributed by atoms with Crippen molar-refractivity contribution >= 4 is 8.53 Å². The number of nitrogens with two attached hydrogens (primary N) is 1. The number of aryl methyl sites for hydroxylation is 1. The van der Waals surface area contributed by atoms with Crippen LogP contribution in [0.3, 0.4) is 0 Å². The number of hydrogen-bond donors (Lipinski definition) is 3. The molecule has 0 aromatic carbocycles. The molecular weight excluding hydrogens is 325 g/mol. The summed E-state index contributed by atoms with van der Waals surface area (Å²) in [7, 11) is -2.00. The van der Waals surface area contributed by atoms with Crippen LogP contribution in [0.5, 0.6) is 0 Å². The Balaban J connectivity index is 2.18. The van der Waals surface area contributed by atoms with Gasteiger partial charge in [0.2, 0.25) is 8.53 Å². The monoisotopic (exact) mass is 345 g/mol. The average molecular weight is 345 g/mol. The fourth-order valence-corrected chi connectivity index (χ4v) is 2.64. The first-order chi connectivity index (χ1) is 10.9. The summed E-state index contributed by atoms with van der Waals surface area (Å²) in [6.07, 6.45) is 1.97. The van der Waals surface area contributed by atoms with Gasteiger partial charge < -0.3 is 18.9 Å². The molecule has 4 atom stereocenters. The van der Waals surface area contributed by atoms with E-state index in [2.05, 4.69) is 11.6 Å². The van der Waals surface area contributed by atoms with Crippen molar-refractivity contribution in [2.45, 2.75) is 31.8 Å². The van der Waals surface area contributed by atoms with Gasteiger partial charge in [-0.1, -0.05) is 6.08 Å². The molecule has 2 heterocycles. The number of nitrogens with one attached hydrogen (secondary N) is 1. The van der Waals surface area contributed by atoms with E-state index in [9.17, 15) is 9.59 Å². The Morgan fingerprint density at radius 2 is 2.39 bits per heavy atom. The quantitative estimate of drug-likeness (QED) is 0.465. The molecular formula is C13H20N3O6P. The first kappa shape index (κ1) is 18.0. The Morgan fingerprint density at radius 1 is 1.65 bits per heavy atom. The maximum atomic E-state index is 12.0. The van der Waals surface area contributed by atoms with E-state index in [-0.39, 0.29) is 12.7 Å². The van der Waals surface area contributed by atoms with Crippen molar-refractivity contribution in [1.29, 1.82) is 0 Å². The number of aromatic amines is 1. The van der Waals surface area contributed by atoms with Gasteiger partial charge in [-0.3, -0.25) is 19.8 Å². The van der Waals surface area contributed by atoms with Gasteiger partial charge in [0.05, 0.1) is 19.3 Å². The van der Waals surface area contributed by atoms with Crippen molar-refractivity contribution in [3.05, 3.63) is 45.3 Å². The van der Waals surface area contributed by atoms with Gasteiger partial charge in [0.1, 0.15) is 12.3 Å². The molecule has 0 saturated carbocycles. The van der Waals surface area contributed by atoms with E-state index in [0.29, 0.717) is 18.6 Å². The van der Waals surface area contributed by atoms with Crippen molar-refractivity contribution in [3.8, 4) is 0 Å². The Labute approximate surface area is 133 Å². The van der Waals surface area contributed by atoms with E-state index in [1.807, 2.05) is 0 Å². The summed E-state index contributed by atoms with van der Waals surface area (Å²) in [4.78, 5) is 34.7. The summed E-state index contributed by atoms with van der Waals surface area (Å²) in [6, 6.07) is 0. The molecule has 2 rings (SSSR count). The molecule has 1 saturated heterocycles. The van der Waals surface area contributed by atoms with Crippen LogP contribution in [0.2, 0.25) is 0 Å². The Hall–Kier alpha value is -1.35. The van der Waals surface area contributed by atoms with E-state index in [1.165, 1.54) is 10.8 Å². The molecule has 4 N–H and O–H groups in total. The topological polar surface area (TPSA) is 129 Å². The molecule has 1 aromatic rings. The van der Waals surface area contributed by atoms with Gasteiger partial charge in [-0.2, -0.15) is 0 Å². The summed E-state index contributed by atoms with van der Waals surface area (Å²) in [5.41, 5.74) is 4.62. The molecule has 1 aromatic heterocycles.